The molecule has 1 fully saturated rings. The van der Waals surface area contributed by atoms with Crippen molar-refractivity contribution in [2.24, 2.45) is 0 Å². The van der Waals surface area contributed by atoms with E-state index in [9.17, 15) is 10.1 Å². The van der Waals surface area contributed by atoms with Crippen LogP contribution in [0.15, 0.2) is 41.1 Å². The summed E-state index contributed by atoms with van der Waals surface area (Å²) in [7, 11) is -0.230. The summed E-state index contributed by atoms with van der Waals surface area (Å²) < 4.78 is 2.53. The molecule has 0 N–H and O–H groups in total. The number of aryl methyl sites for hydroxylation is 1. The lowest BCUT2D eigenvalue weighted by molar-refractivity contribution is 0.106. The highest BCUT2D eigenvalue weighted by atomic mass is 79.9. The Bertz CT molecular complexity index is 1180. The molecule has 7 heteroatoms. The fourth-order valence-corrected chi connectivity index (χ4v) is 6.68. The summed E-state index contributed by atoms with van der Waals surface area (Å²) in [5, 5.41) is 10.3. The highest BCUT2D eigenvalue weighted by Crippen LogP contribution is 2.32. The average Bonchev–Trinajstić information content (AvgIpc) is 3.32. The molecule has 0 spiro atoms. The van der Waals surface area contributed by atoms with Crippen molar-refractivity contribution in [2.75, 3.05) is 11.5 Å². The minimum absolute atomic E-state index is 0.174. The SMILES string of the molecule is Cc1cn2cc(-c3cccc(Cl)c3)nc2c(Br)c1C(=O)C(C#N)=S1CCCC1. The molecule has 0 bridgehead atoms. The van der Waals surface area contributed by atoms with E-state index in [-0.39, 0.29) is 16.3 Å². The fourth-order valence-electron chi connectivity index (χ4n) is 3.50. The molecule has 0 aliphatic carbocycles. The Morgan fingerprint density at radius 2 is 2.07 bits per heavy atom. The van der Waals surface area contributed by atoms with Gasteiger partial charge in [0.05, 0.1) is 10.2 Å². The summed E-state index contributed by atoms with van der Waals surface area (Å²) in [4.78, 5) is 18.3. The van der Waals surface area contributed by atoms with E-state index in [1.807, 2.05) is 48.0 Å². The number of hydrogen-bond donors (Lipinski definition) is 0. The van der Waals surface area contributed by atoms with Gasteiger partial charge in [-0.3, -0.25) is 4.79 Å². The van der Waals surface area contributed by atoms with Crippen LogP contribution in [0.5, 0.6) is 0 Å². The molecule has 3 aromatic rings. The number of nitriles is 1. The van der Waals surface area contributed by atoms with E-state index in [1.165, 1.54) is 0 Å². The third-order valence-electron chi connectivity index (χ3n) is 4.85. The molecule has 0 amide bonds. The number of Topliss-reactive ketones (excluding diaryl/α,β-unsaturated/α-hetero) is 1. The maximum Gasteiger partial charge on any atom is 0.210 e. The number of halogens is 2. The number of hydrogen-bond acceptors (Lipinski definition) is 3. The molecule has 1 aromatic carbocycles. The first kappa shape index (κ1) is 19.4. The van der Waals surface area contributed by atoms with Crippen LogP contribution in [-0.2, 0) is 0 Å². The molecule has 0 atom stereocenters. The van der Waals surface area contributed by atoms with E-state index in [2.05, 4.69) is 22.0 Å². The van der Waals surface area contributed by atoms with E-state index < -0.39 is 0 Å². The zero-order valence-electron chi connectivity index (χ0n) is 15.2. The molecule has 142 valence electrons. The number of pyridine rings is 1. The number of fused-ring (bicyclic) bond motifs is 1. The van der Waals surface area contributed by atoms with Gasteiger partial charge in [0.2, 0.25) is 5.78 Å². The first-order chi connectivity index (χ1) is 13.5. The molecule has 4 nitrogen and oxygen atoms in total. The molecule has 0 unspecified atom stereocenters. The molecule has 4 rings (SSSR count). The Kier molecular flexibility index (Phi) is 5.42. The topological polar surface area (TPSA) is 58.2 Å². The van der Waals surface area contributed by atoms with E-state index in [0.717, 1.165) is 41.2 Å². The van der Waals surface area contributed by atoms with Crippen LogP contribution >= 0.6 is 38.0 Å². The smallest absolute Gasteiger partial charge is 0.210 e. The van der Waals surface area contributed by atoms with E-state index in [1.54, 1.807) is 0 Å². The Balaban J connectivity index is 1.86. The minimum atomic E-state index is -0.230. The predicted molar refractivity (Wildman–Crippen MR) is 120 cm³/mol. The Hall–Kier alpha value is -1.94. The van der Waals surface area contributed by atoms with Gasteiger partial charge in [0, 0.05) is 28.5 Å². The van der Waals surface area contributed by atoms with Crippen LogP contribution in [0.2, 0.25) is 5.02 Å². The lowest BCUT2D eigenvalue weighted by Gasteiger charge is -2.10. The Labute approximate surface area is 179 Å². The average molecular weight is 475 g/mol. The number of ketones is 1. The van der Waals surface area contributed by atoms with Gasteiger partial charge in [0.1, 0.15) is 10.9 Å². The molecule has 1 aliphatic rings. The van der Waals surface area contributed by atoms with Gasteiger partial charge in [-0.15, -0.1) is 0 Å². The monoisotopic (exact) mass is 473 g/mol. The van der Waals surface area contributed by atoms with Crippen molar-refractivity contribution < 1.29 is 4.79 Å². The van der Waals surface area contributed by atoms with Crippen molar-refractivity contribution in [2.45, 2.75) is 19.8 Å². The second-order valence-electron chi connectivity index (χ2n) is 6.75. The fraction of sp³-hybridized carbons (Fsp3) is 0.238. The minimum Gasteiger partial charge on any atom is -0.305 e. The van der Waals surface area contributed by atoms with E-state index in [4.69, 9.17) is 16.6 Å². The highest BCUT2D eigenvalue weighted by Gasteiger charge is 2.25. The van der Waals surface area contributed by atoms with Crippen LogP contribution in [0, 0.1) is 18.3 Å². The lowest BCUT2D eigenvalue weighted by atomic mass is 10.1. The summed E-state index contributed by atoms with van der Waals surface area (Å²) in [6, 6.07) is 9.71. The highest BCUT2D eigenvalue weighted by molar-refractivity contribution is 9.10. The predicted octanol–water partition coefficient (Wildman–Crippen LogP) is 5.67. The molecule has 1 saturated heterocycles. The van der Waals surface area contributed by atoms with Gasteiger partial charge >= 0.3 is 0 Å². The third-order valence-corrected chi connectivity index (χ3v) is 8.25. The van der Waals surface area contributed by atoms with Gasteiger partial charge in [-0.25, -0.2) is 4.98 Å². The van der Waals surface area contributed by atoms with Gasteiger partial charge < -0.3 is 4.40 Å². The van der Waals surface area contributed by atoms with Crippen molar-refractivity contribution in [3.05, 3.63) is 57.3 Å². The van der Waals surface area contributed by atoms with Crippen LogP contribution in [0.3, 0.4) is 0 Å². The normalized spacial score (nSPS) is 14.4. The van der Waals surface area contributed by atoms with E-state index in [0.29, 0.717) is 25.6 Å². The van der Waals surface area contributed by atoms with Crippen molar-refractivity contribution >= 4 is 54.3 Å². The summed E-state index contributed by atoms with van der Waals surface area (Å²) in [5.74, 6) is 1.71. The molecule has 2 aromatic heterocycles. The number of rotatable bonds is 3. The second-order valence-corrected chi connectivity index (χ2v) is 10.2. The summed E-state index contributed by atoms with van der Waals surface area (Å²) >= 11 is 9.70. The maximum absolute atomic E-state index is 13.2. The van der Waals surface area contributed by atoms with Gasteiger partial charge in [-0.2, -0.15) is 15.7 Å². The lowest BCUT2D eigenvalue weighted by Crippen LogP contribution is -2.16. The van der Waals surface area contributed by atoms with Crippen molar-refractivity contribution in [3.63, 3.8) is 0 Å². The maximum atomic E-state index is 13.2. The van der Waals surface area contributed by atoms with Crippen molar-refractivity contribution in [3.8, 4) is 17.3 Å². The molecule has 0 saturated carbocycles. The molecular formula is C21H17BrClN3OS. The Morgan fingerprint density at radius 1 is 1.32 bits per heavy atom. The zero-order valence-corrected chi connectivity index (χ0v) is 18.4. The standard InChI is InChI=1S/C21H17BrClN3OS/c1-13-11-26-12-16(14-5-4-6-15(23)9-14)25-21(26)19(22)18(13)20(27)17(10-24)28-7-2-3-8-28/h4-6,9,11-12H,2-3,7-8H2,1H3. The number of nitrogens with zero attached hydrogens (tertiary/aromatic N) is 3. The molecular weight excluding hydrogens is 458 g/mol. The molecule has 3 heterocycles. The number of imidazole rings is 1. The summed E-state index contributed by atoms with van der Waals surface area (Å²) in [6.45, 7) is 1.89. The van der Waals surface area contributed by atoms with Crippen LogP contribution in [0.4, 0.5) is 0 Å². The molecule has 0 radical (unpaired) electrons. The largest absolute Gasteiger partial charge is 0.305 e. The van der Waals surface area contributed by atoms with Gasteiger partial charge in [-0.1, -0.05) is 23.7 Å². The zero-order chi connectivity index (χ0) is 19.8. The van der Waals surface area contributed by atoms with Crippen LogP contribution in [0.25, 0.3) is 16.9 Å². The van der Waals surface area contributed by atoms with Gasteiger partial charge in [0.25, 0.3) is 0 Å². The third kappa shape index (κ3) is 3.43. The summed E-state index contributed by atoms with van der Waals surface area (Å²) in [6.07, 6.45) is 5.98. The van der Waals surface area contributed by atoms with Crippen molar-refractivity contribution in [1.82, 2.24) is 9.38 Å². The summed E-state index contributed by atoms with van der Waals surface area (Å²) in [5.41, 5.74) is 3.68. The second kappa shape index (κ2) is 7.82. The first-order valence-corrected chi connectivity index (χ1v) is 11.7. The van der Waals surface area contributed by atoms with Gasteiger partial charge in [-0.05, 0) is 64.9 Å². The number of carbonyl (C=O) groups is 1. The first-order valence-electron chi connectivity index (χ1n) is 8.92. The number of aromatic nitrogens is 2. The van der Waals surface area contributed by atoms with Crippen LogP contribution in [-0.4, -0.2) is 31.5 Å². The van der Waals surface area contributed by atoms with E-state index >= 15 is 0 Å². The molecule has 1 aliphatic heterocycles. The quantitative estimate of drug-likeness (QED) is 0.363. The number of benzene rings is 1. The Morgan fingerprint density at radius 3 is 2.75 bits per heavy atom. The van der Waals surface area contributed by atoms with Crippen molar-refractivity contribution in [1.29, 1.82) is 5.26 Å². The van der Waals surface area contributed by atoms with Gasteiger partial charge in [0.15, 0.2) is 5.65 Å². The molecule has 28 heavy (non-hydrogen) atoms. The number of carbonyl (C=O) groups excluding carboxylic acids is 1. The van der Waals surface area contributed by atoms with Crippen LogP contribution < -0.4 is 0 Å². The van der Waals surface area contributed by atoms with Crippen LogP contribution in [0.1, 0.15) is 28.8 Å².